The molecule has 0 aromatic heterocycles. The van der Waals surface area contributed by atoms with E-state index in [-0.39, 0.29) is 48.4 Å². The lowest BCUT2D eigenvalue weighted by atomic mass is 9.65. The zero-order valence-electron chi connectivity index (χ0n) is 22.3. The topological polar surface area (TPSA) is 154 Å². The summed E-state index contributed by atoms with van der Waals surface area (Å²) in [6.07, 6.45) is 1.16. The predicted molar refractivity (Wildman–Crippen MR) is 141 cm³/mol. The van der Waals surface area contributed by atoms with Gasteiger partial charge in [-0.3, -0.25) is 4.79 Å². The van der Waals surface area contributed by atoms with Crippen molar-refractivity contribution in [1.29, 1.82) is 0 Å². The van der Waals surface area contributed by atoms with Crippen molar-refractivity contribution in [3.05, 3.63) is 41.0 Å². The van der Waals surface area contributed by atoms with E-state index in [2.05, 4.69) is 10.6 Å². The summed E-state index contributed by atoms with van der Waals surface area (Å²) in [4.78, 5) is 13.1. The van der Waals surface area contributed by atoms with E-state index in [9.17, 15) is 15.0 Å². The Kier molecular flexibility index (Phi) is 8.31. The zero-order valence-corrected chi connectivity index (χ0v) is 22.3. The van der Waals surface area contributed by atoms with E-state index in [1.165, 1.54) is 14.2 Å². The number of rotatable bonds is 11. The van der Waals surface area contributed by atoms with Crippen LogP contribution in [-0.4, -0.2) is 69.7 Å². The molecule has 1 fully saturated rings. The summed E-state index contributed by atoms with van der Waals surface area (Å²) in [5.74, 6) is 0.534. The molecule has 0 spiro atoms. The van der Waals surface area contributed by atoms with Gasteiger partial charge in [-0.1, -0.05) is 0 Å². The second-order valence-electron chi connectivity index (χ2n) is 10.1. The minimum Gasteiger partial charge on any atom is -0.502 e. The van der Waals surface area contributed by atoms with Crippen LogP contribution in [0.1, 0.15) is 47.9 Å². The Hall–Kier alpha value is -3.25. The number of nitrogens with one attached hydrogen (secondary N) is 2. The van der Waals surface area contributed by atoms with Crippen LogP contribution in [0, 0.1) is 11.8 Å². The van der Waals surface area contributed by atoms with Crippen LogP contribution in [0.15, 0.2) is 24.3 Å². The van der Waals surface area contributed by atoms with Crippen LogP contribution < -0.4 is 35.3 Å². The molecule has 5 unspecified atom stereocenters. The minimum atomic E-state index is -1.06. The van der Waals surface area contributed by atoms with Gasteiger partial charge < -0.3 is 50.3 Å². The molecule has 1 aliphatic carbocycles. The summed E-state index contributed by atoms with van der Waals surface area (Å²) in [5.41, 5.74) is 8.05. The third-order valence-corrected chi connectivity index (χ3v) is 7.86. The highest BCUT2D eigenvalue weighted by Gasteiger charge is 2.52. The van der Waals surface area contributed by atoms with Gasteiger partial charge in [0.15, 0.2) is 29.3 Å². The number of carbonyl (C=O) groups excluding carboxylic acids is 1. The van der Waals surface area contributed by atoms with Gasteiger partial charge in [0, 0.05) is 30.7 Å². The van der Waals surface area contributed by atoms with Gasteiger partial charge in [0.05, 0.1) is 26.9 Å². The number of aliphatic hydroxyl groups excluding tert-OH is 1. The predicted octanol–water partition coefficient (Wildman–Crippen LogP) is 1.74. The normalized spacial score (nSPS) is 24.7. The molecule has 2 aliphatic heterocycles. The molecule has 0 radical (unpaired) electrons. The maximum atomic E-state index is 13.1. The number of hydrogen-bond donors (Lipinski definition) is 5. The number of benzene rings is 2. The van der Waals surface area contributed by atoms with E-state index in [1.54, 1.807) is 12.1 Å². The van der Waals surface area contributed by atoms with Crippen LogP contribution in [0.5, 0.6) is 28.7 Å². The number of phenolic OH excluding ortho intramolecular Hbond substituents is 1. The maximum absolute atomic E-state index is 13.1. The summed E-state index contributed by atoms with van der Waals surface area (Å²) in [6, 6.07) is 6.91. The number of unbranched alkanes of at least 4 members (excludes halogenated alkanes) is 1. The third kappa shape index (κ3) is 5.31. The Morgan fingerprint density at radius 1 is 1.05 bits per heavy atom. The third-order valence-electron chi connectivity index (χ3n) is 7.86. The van der Waals surface area contributed by atoms with Gasteiger partial charge in [0.2, 0.25) is 18.4 Å². The lowest BCUT2D eigenvalue weighted by Gasteiger charge is -2.41. The maximum Gasteiger partial charge on any atom is 0.231 e. The molecular formula is C28H37N3O8. The van der Waals surface area contributed by atoms with Crippen LogP contribution in [0.3, 0.4) is 0 Å². The first-order chi connectivity index (χ1) is 19.0. The minimum absolute atomic E-state index is 0.0958. The lowest BCUT2D eigenvalue weighted by Crippen LogP contribution is -2.44. The molecule has 5 atom stereocenters. The van der Waals surface area contributed by atoms with Gasteiger partial charge in [-0.2, -0.15) is 0 Å². The average Bonchev–Trinajstić information content (AvgIpc) is 3.56. The van der Waals surface area contributed by atoms with Crippen LogP contribution in [-0.2, 0) is 9.53 Å². The Morgan fingerprint density at radius 3 is 2.41 bits per heavy atom. The van der Waals surface area contributed by atoms with E-state index in [0.717, 1.165) is 36.1 Å². The van der Waals surface area contributed by atoms with E-state index in [0.29, 0.717) is 31.0 Å². The molecule has 1 saturated heterocycles. The van der Waals surface area contributed by atoms with E-state index in [4.69, 9.17) is 29.4 Å². The number of ether oxygens (including phenoxy) is 5. The molecule has 11 heteroatoms. The highest BCUT2D eigenvalue weighted by Crippen LogP contribution is 2.56. The molecule has 1 amide bonds. The summed E-state index contributed by atoms with van der Waals surface area (Å²) in [6.45, 7) is 2.40. The number of aliphatic hydroxyl groups is 1. The van der Waals surface area contributed by atoms with Crippen molar-refractivity contribution in [2.45, 2.75) is 37.5 Å². The molecule has 6 N–H and O–H groups in total. The van der Waals surface area contributed by atoms with Crippen LogP contribution in [0.4, 0.5) is 0 Å². The molecule has 5 rings (SSSR count). The quantitative estimate of drug-likeness (QED) is 0.265. The molecule has 2 aromatic rings. The number of amides is 1. The van der Waals surface area contributed by atoms with Gasteiger partial charge in [-0.25, -0.2) is 0 Å². The Balaban J connectivity index is 1.50. The number of nitrogens with two attached hydrogens (primary N) is 1. The fraction of sp³-hybridized carbons (Fsp3) is 0.536. The van der Waals surface area contributed by atoms with Gasteiger partial charge in [-0.15, -0.1) is 0 Å². The van der Waals surface area contributed by atoms with Gasteiger partial charge in [-0.05, 0) is 66.9 Å². The second-order valence-corrected chi connectivity index (χ2v) is 10.1. The van der Waals surface area contributed by atoms with Crippen LogP contribution >= 0.6 is 0 Å². The van der Waals surface area contributed by atoms with Crippen LogP contribution in [0.25, 0.3) is 0 Å². The summed E-state index contributed by atoms with van der Waals surface area (Å²) in [7, 11) is 2.94. The number of phenols is 1. The van der Waals surface area contributed by atoms with Crippen molar-refractivity contribution in [3.63, 3.8) is 0 Å². The zero-order chi connectivity index (χ0) is 27.5. The number of fused-ring (bicyclic) bond motifs is 3. The Bertz CT molecular complexity index is 1170. The van der Waals surface area contributed by atoms with Crippen molar-refractivity contribution >= 4 is 5.91 Å². The number of aromatic hydroxyl groups is 1. The summed E-state index contributed by atoms with van der Waals surface area (Å²) >= 11 is 0. The fourth-order valence-electron chi connectivity index (χ4n) is 5.97. The molecular weight excluding hydrogens is 506 g/mol. The van der Waals surface area contributed by atoms with E-state index < -0.39 is 18.2 Å². The smallest absolute Gasteiger partial charge is 0.231 e. The summed E-state index contributed by atoms with van der Waals surface area (Å²) in [5, 5.41) is 28.1. The fourth-order valence-corrected chi connectivity index (χ4v) is 5.97. The van der Waals surface area contributed by atoms with E-state index >= 15 is 0 Å². The van der Waals surface area contributed by atoms with Crippen molar-refractivity contribution in [3.8, 4) is 28.7 Å². The van der Waals surface area contributed by atoms with Gasteiger partial charge >= 0.3 is 0 Å². The molecule has 0 bridgehead atoms. The standard InChI is InChI=1S/C28H37N3O8/c1-35-21-9-15(10-22(36-2)27(21)33)24-16-11-19-20(39-14-38-19)12-17(16)26(18-13-37-28(34)25(18)24)31-23(32)5-8-30-7-4-3-6-29/h9-12,18,24-26,28,30,33-34H,3-8,13-14,29H2,1-2H3,(H,31,32). The number of carbonyl (C=O) groups is 1. The lowest BCUT2D eigenvalue weighted by molar-refractivity contribution is -0.122. The Morgan fingerprint density at radius 2 is 1.74 bits per heavy atom. The number of hydrogen-bond acceptors (Lipinski definition) is 10. The first-order valence-corrected chi connectivity index (χ1v) is 13.3. The molecule has 2 heterocycles. The highest BCUT2D eigenvalue weighted by atomic mass is 16.7. The van der Waals surface area contributed by atoms with Crippen LogP contribution in [0.2, 0.25) is 0 Å². The largest absolute Gasteiger partial charge is 0.502 e. The molecule has 3 aliphatic rings. The van der Waals surface area contributed by atoms with Gasteiger partial charge in [0.25, 0.3) is 0 Å². The van der Waals surface area contributed by atoms with Crippen molar-refractivity contribution in [2.75, 3.05) is 47.3 Å². The molecule has 212 valence electrons. The highest BCUT2D eigenvalue weighted by molar-refractivity contribution is 5.77. The summed E-state index contributed by atoms with van der Waals surface area (Å²) < 4.78 is 28.0. The molecule has 0 saturated carbocycles. The van der Waals surface area contributed by atoms with Crippen molar-refractivity contribution < 1.29 is 38.7 Å². The first-order valence-electron chi connectivity index (χ1n) is 13.3. The average molecular weight is 544 g/mol. The molecule has 39 heavy (non-hydrogen) atoms. The molecule has 11 nitrogen and oxygen atoms in total. The SMILES string of the molecule is COc1cc(C2c3cc4c(cc3C(NC(=O)CCNCCCCN)C3COC(O)C23)OCO4)cc(OC)c1O. The van der Waals surface area contributed by atoms with Gasteiger partial charge in [0.1, 0.15) is 0 Å². The molecule has 2 aromatic carbocycles. The van der Waals surface area contributed by atoms with Crippen molar-refractivity contribution in [2.24, 2.45) is 17.6 Å². The second kappa shape index (κ2) is 11.9. The monoisotopic (exact) mass is 543 g/mol. The first kappa shape index (κ1) is 27.3. The Labute approximate surface area is 227 Å². The van der Waals surface area contributed by atoms with Crippen molar-refractivity contribution in [1.82, 2.24) is 10.6 Å². The number of methoxy groups -OCH3 is 2. The van der Waals surface area contributed by atoms with E-state index in [1.807, 2.05) is 12.1 Å².